The Bertz CT molecular complexity index is 1670. The van der Waals surface area contributed by atoms with Crippen molar-refractivity contribution < 1.29 is 19.2 Å². The summed E-state index contributed by atoms with van der Waals surface area (Å²) < 4.78 is 0.853. The second-order valence-electron chi connectivity index (χ2n) is 9.63. The highest BCUT2D eigenvalue weighted by atomic mass is 79.9. The van der Waals surface area contributed by atoms with Gasteiger partial charge >= 0.3 is 0 Å². The van der Waals surface area contributed by atoms with Gasteiger partial charge in [-0.25, -0.2) is 4.90 Å². The van der Waals surface area contributed by atoms with Gasteiger partial charge in [0.1, 0.15) is 5.70 Å². The maximum atomic E-state index is 13.4. The average molecular weight is 641 g/mol. The Morgan fingerprint density at radius 1 is 0.905 bits per heavy atom. The number of nitrogens with one attached hydrogen (secondary N) is 2. The molecule has 4 aromatic carbocycles. The van der Waals surface area contributed by atoms with E-state index < -0.39 is 17.1 Å². The van der Waals surface area contributed by atoms with Gasteiger partial charge in [-0.15, -0.1) is 11.8 Å². The zero-order valence-corrected chi connectivity index (χ0v) is 24.9. The molecule has 0 aliphatic carbocycles. The minimum atomic E-state index is -0.589. The van der Waals surface area contributed by atoms with Crippen LogP contribution in [0.2, 0.25) is 0 Å². The molecular formula is C33H26BrN3O4S. The van der Waals surface area contributed by atoms with E-state index in [0.717, 1.165) is 15.6 Å². The van der Waals surface area contributed by atoms with Crippen LogP contribution in [-0.2, 0) is 14.4 Å². The maximum Gasteiger partial charge on any atom is 0.272 e. The smallest absolute Gasteiger partial charge is 0.272 e. The maximum absolute atomic E-state index is 13.4. The van der Waals surface area contributed by atoms with Gasteiger partial charge in [0.05, 0.1) is 10.9 Å². The number of nitrogens with zero attached hydrogens (tertiary/aromatic N) is 1. The number of rotatable bonds is 8. The minimum Gasteiger partial charge on any atom is -0.321 e. The fourth-order valence-electron chi connectivity index (χ4n) is 4.34. The number of thioether (sulfide) groups is 1. The summed E-state index contributed by atoms with van der Waals surface area (Å²) in [4.78, 5) is 54.1. The van der Waals surface area contributed by atoms with E-state index in [2.05, 4.69) is 26.6 Å². The van der Waals surface area contributed by atoms with Gasteiger partial charge in [0.2, 0.25) is 11.8 Å². The van der Waals surface area contributed by atoms with Crippen LogP contribution in [0.5, 0.6) is 0 Å². The molecular weight excluding hydrogens is 614 g/mol. The molecule has 1 heterocycles. The van der Waals surface area contributed by atoms with Crippen LogP contribution in [0, 0.1) is 6.92 Å². The van der Waals surface area contributed by atoms with E-state index in [4.69, 9.17) is 0 Å². The first-order valence-electron chi connectivity index (χ1n) is 13.1. The molecule has 0 unspecified atom stereocenters. The zero-order chi connectivity index (χ0) is 29.6. The normalized spacial score (nSPS) is 15.0. The number of hydrogen-bond acceptors (Lipinski definition) is 5. The molecule has 7 nitrogen and oxygen atoms in total. The summed E-state index contributed by atoms with van der Waals surface area (Å²) in [5.41, 5.74) is 3.34. The molecule has 1 fully saturated rings. The van der Waals surface area contributed by atoms with Gasteiger partial charge < -0.3 is 10.6 Å². The number of halogens is 1. The number of amides is 4. The molecule has 2 N–H and O–H groups in total. The third-order valence-electron chi connectivity index (χ3n) is 6.48. The molecule has 0 aromatic heterocycles. The highest BCUT2D eigenvalue weighted by Crippen LogP contribution is 2.35. The second-order valence-corrected chi connectivity index (χ2v) is 11.8. The summed E-state index contributed by atoms with van der Waals surface area (Å²) in [6, 6.07) is 30.3. The van der Waals surface area contributed by atoms with E-state index in [1.165, 1.54) is 16.7 Å². The topological polar surface area (TPSA) is 95.6 Å². The number of anilines is 2. The molecule has 0 radical (unpaired) electrons. The van der Waals surface area contributed by atoms with Crippen LogP contribution in [0.25, 0.3) is 6.08 Å². The largest absolute Gasteiger partial charge is 0.321 e. The standard InChI is InChI=1S/C33H26BrN3O4S/c1-21-10-12-22(13-11-21)18-28(36-31(39)23-6-3-2-4-7-23)32(40)35-25-8-5-9-27(19-25)42-29-20-30(38)37(33(29)41)26-16-14-24(34)15-17-26/h2-19,29H,20H2,1H3,(H,35,40)(H,36,39)/b28-18-/t29-/m0/s1. The Morgan fingerprint density at radius 3 is 2.33 bits per heavy atom. The highest BCUT2D eigenvalue weighted by molar-refractivity contribution is 9.10. The number of carbonyl (C=O) groups excluding carboxylic acids is 4. The molecule has 1 aliphatic rings. The first-order chi connectivity index (χ1) is 20.3. The Balaban J connectivity index is 1.32. The summed E-state index contributed by atoms with van der Waals surface area (Å²) in [6.45, 7) is 1.97. The van der Waals surface area contributed by atoms with Crippen molar-refractivity contribution in [3.05, 3.63) is 130 Å². The molecule has 4 amide bonds. The Morgan fingerprint density at radius 2 is 1.62 bits per heavy atom. The average Bonchev–Trinajstić information content (AvgIpc) is 3.26. The van der Waals surface area contributed by atoms with Gasteiger partial charge in [0.25, 0.3) is 11.8 Å². The SMILES string of the molecule is Cc1ccc(/C=C(\NC(=O)c2ccccc2)C(=O)Nc2cccc(S[C@H]3CC(=O)N(c4ccc(Br)cc4)C3=O)c2)cc1. The number of carbonyl (C=O) groups is 4. The predicted octanol–water partition coefficient (Wildman–Crippen LogP) is 6.59. The van der Waals surface area contributed by atoms with Gasteiger partial charge in [-0.1, -0.05) is 70.0 Å². The molecule has 0 bridgehead atoms. The number of hydrogen-bond donors (Lipinski definition) is 2. The number of aryl methyl sites for hydroxylation is 1. The summed E-state index contributed by atoms with van der Waals surface area (Å²) in [5, 5.41) is 5.00. The number of benzene rings is 4. The van der Waals surface area contributed by atoms with E-state index in [1.807, 2.05) is 43.3 Å². The molecule has 0 saturated carbocycles. The van der Waals surface area contributed by atoms with E-state index in [9.17, 15) is 19.2 Å². The molecule has 5 rings (SSSR count). The van der Waals surface area contributed by atoms with Crippen LogP contribution in [0.15, 0.2) is 118 Å². The highest BCUT2D eigenvalue weighted by Gasteiger charge is 2.40. The molecule has 9 heteroatoms. The monoisotopic (exact) mass is 639 g/mol. The van der Waals surface area contributed by atoms with Crippen LogP contribution in [0.4, 0.5) is 11.4 Å². The van der Waals surface area contributed by atoms with Gasteiger partial charge in [-0.05, 0) is 73.2 Å². The van der Waals surface area contributed by atoms with Crippen LogP contribution < -0.4 is 15.5 Å². The lowest BCUT2D eigenvalue weighted by Crippen LogP contribution is -2.31. The van der Waals surface area contributed by atoms with Gasteiger partial charge in [0, 0.05) is 27.0 Å². The summed E-state index contributed by atoms with van der Waals surface area (Å²) in [6.07, 6.45) is 1.69. The van der Waals surface area contributed by atoms with Crippen molar-refractivity contribution >= 4 is 68.8 Å². The fourth-order valence-corrected chi connectivity index (χ4v) is 5.72. The van der Waals surface area contributed by atoms with E-state index in [1.54, 1.807) is 72.8 Å². The molecule has 210 valence electrons. The summed E-state index contributed by atoms with van der Waals surface area (Å²) in [5.74, 6) is -1.46. The third-order valence-corrected chi connectivity index (χ3v) is 8.19. The van der Waals surface area contributed by atoms with Gasteiger partial charge in [0.15, 0.2) is 0 Å². The van der Waals surface area contributed by atoms with E-state index in [-0.39, 0.29) is 23.9 Å². The van der Waals surface area contributed by atoms with Crippen molar-refractivity contribution in [2.24, 2.45) is 0 Å². The Hall–Kier alpha value is -4.47. The lowest BCUT2D eigenvalue weighted by molar-refractivity contribution is -0.121. The van der Waals surface area contributed by atoms with Crippen molar-refractivity contribution in [2.45, 2.75) is 23.5 Å². The Labute approximate surface area is 256 Å². The van der Waals surface area contributed by atoms with Crippen molar-refractivity contribution in [1.29, 1.82) is 0 Å². The van der Waals surface area contributed by atoms with Crippen LogP contribution in [0.3, 0.4) is 0 Å². The number of imide groups is 1. The van der Waals surface area contributed by atoms with E-state index >= 15 is 0 Å². The first-order valence-corrected chi connectivity index (χ1v) is 14.8. The third kappa shape index (κ3) is 7.05. The van der Waals surface area contributed by atoms with Gasteiger partial charge in [-0.2, -0.15) is 0 Å². The predicted molar refractivity (Wildman–Crippen MR) is 169 cm³/mol. The van der Waals surface area contributed by atoms with E-state index in [0.29, 0.717) is 21.8 Å². The molecule has 1 aliphatic heterocycles. The van der Waals surface area contributed by atoms with Crippen molar-refractivity contribution in [1.82, 2.24) is 5.32 Å². The lowest BCUT2D eigenvalue weighted by Gasteiger charge is -2.15. The van der Waals surface area contributed by atoms with Crippen LogP contribution in [-0.4, -0.2) is 28.9 Å². The van der Waals surface area contributed by atoms with Crippen LogP contribution in [0.1, 0.15) is 27.9 Å². The zero-order valence-electron chi connectivity index (χ0n) is 22.5. The lowest BCUT2D eigenvalue weighted by atomic mass is 10.1. The summed E-state index contributed by atoms with van der Waals surface area (Å²) in [7, 11) is 0. The van der Waals surface area contributed by atoms with Gasteiger partial charge in [-0.3, -0.25) is 19.2 Å². The molecule has 42 heavy (non-hydrogen) atoms. The molecule has 1 atom stereocenters. The molecule has 0 spiro atoms. The Kier molecular flexibility index (Phi) is 9.00. The second kappa shape index (κ2) is 13.0. The molecule has 1 saturated heterocycles. The fraction of sp³-hybridized carbons (Fsp3) is 0.0909. The van der Waals surface area contributed by atoms with Crippen molar-refractivity contribution in [3.63, 3.8) is 0 Å². The van der Waals surface area contributed by atoms with Crippen molar-refractivity contribution in [3.8, 4) is 0 Å². The van der Waals surface area contributed by atoms with Crippen LogP contribution >= 0.6 is 27.7 Å². The first kappa shape index (κ1) is 29.0. The summed E-state index contributed by atoms with van der Waals surface area (Å²) >= 11 is 4.64. The quantitative estimate of drug-likeness (QED) is 0.167. The molecule has 4 aromatic rings. The van der Waals surface area contributed by atoms with Crippen molar-refractivity contribution in [2.75, 3.05) is 10.2 Å². The minimum absolute atomic E-state index is 0.0745.